The van der Waals surface area contributed by atoms with Gasteiger partial charge in [-0.25, -0.2) is 0 Å². The van der Waals surface area contributed by atoms with E-state index in [2.05, 4.69) is 31.9 Å². The normalized spacial score (nSPS) is 22.6. The van der Waals surface area contributed by atoms with E-state index in [4.69, 9.17) is 5.73 Å². The van der Waals surface area contributed by atoms with Crippen LogP contribution in [0.15, 0.2) is 27.1 Å². The van der Waals surface area contributed by atoms with Crippen molar-refractivity contribution in [3.63, 3.8) is 0 Å². The minimum absolute atomic E-state index is 0.0644. The van der Waals surface area contributed by atoms with E-state index in [1.165, 1.54) is 0 Å². The van der Waals surface area contributed by atoms with Crippen LogP contribution in [0, 0.1) is 5.92 Å². The summed E-state index contributed by atoms with van der Waals surface area (Å²) in [5.74, 6) is -0.638. The van der Waals surface area contributed by atoms with Crippen LogP contribution < -0.4 is 5.73 Å². The lowest BCUT2D eigenvalue weighted by molar-refractivity contribution is -0.123. The Kier molecular flexibility index (Phi) is 4.86. The van der Waals surface area contributed by atoms with Crippen molar-refractivity contribution in [2.45, 2.75) is 25.8 Å². The fraction of sp³-hybridized carbons (Fsp3) is 0.429. The van der Waals surface area contributed by atoms with Gasteiger partial charge in [-0.1, -0.05) is 31.9 Å². The smallest absolute Gasteiger partial charge is 0.254 e. The van der Waals surface area contributed by atoms with Crippen molar-refractivity contribution < 1.29 is 9.59 Å². The lowest BCUT2D eigenvalue weighted by Crippen LogP contribution is -2.48. The molecular weight excluding hydrogens is 388 g/mol. The van der Waals surface area contributed by atoms with E-state index in [-0.39, 0.29) is 23.8 Å². The summed E-state index contributed by atoms with van der Waals surface area (Å²) in [6.07, 6.45) is 1.55. The highest BCUT2D eigenvalue weighted by molar-refractivity contribution is 9.11. The molecule has 1 aromatic rings. The molecule has 1 saturated heterocycles. The van der Waals surface area contributed by atoms with Gasteiger partial charge in [0.2, 0.25) is 5.91 Å². The van der Waals surface area contributed by atoms with Crippen LogP contribution in [-0.2, 0) is 4.79 Å². The van der Waals surface area contributed by atoms with E-state index < -0.39 is 0 Å². The lowest BCUT2D eigenvalue weighted by atomic mass is 9.92. The number of rotatable bonds is 2. The van der Waals surface area contributed by atoms with Crippen LogP contribution in [0.4, 0.5) is 0 Å². The quantitative estimate of drug-likeness (QED) is 0.824. The Labute approximate surface area is 135 Å². The number of likely N-dealkylation sites (tertiary alicyclic amines) is 1. The molecule has 0 radical (unpaired) electrons. The van der Waals surface area contributed by atoms with Crippen LogP contribution in [-0.4, -0.2) is 29.3 Å². The minimum Gasteiger partial charge on any atom is -0.369 e. The van der Waals surface area contributed by atoms with Gasteiger partial charge in [0.15, 0.2) is 0 Å². The van der Waals surface area contributed by atoms with E-state index >= 15 is 0 Å². The molecule has 2 atom stereocenters. The third kappa shape index (κ3) is 3.41. The van der Waals surface area contributed by atoms with E-state index in [1.54, 1.807) is 17.0 Å². The molecule has 1 heterocycles. The molecule has 0 spiro atoms. The fourth-order valence-corrected chi connectivity index (χ4v) is 3.76. The van der Waals surface area contributed by atoms with Crippen molar-refractivity contribution in [3.8, 4) is 0 Å². The topological polar surface area (TPSA) is 63.4 Å². The molecule has 1 fully saturated rings. The van der Waals surface area contributed by atoms with Gasteiger partial charge in [-0.05, 0) is 38.0 Å². The highest BCUT2D eigenvalue weighted by Crippen LogP contribution is 2.26. The predicted octanol–water partition coefficient (Wildman–Crippen LogP) is 2.94. The van der Waals surface area contributed by atoms with E-state index in [0.717, 1.165) is 21.8 Å². The predicted molar refractivity (Wildman–Crippen MR) is 84.3 cm³/mol. The Bertz CT molecular complexity index is 528. The van der Waals surface area contributed by atoms with Gasteiger partial charge >= 0.3 is 0 Å². The Balaban J connectivity index is 2.24. The Morgan fingerprint density at radius 2 is 1.80 bits per heavy atom. The number of nitrogens with zero attached hydrogens (tertiary/aromatic N) is 1. The summed E-state index contributed by atoms with van der Waals surface area (Å²) in [6, 6.07) is 5.57. The summed E-state index contributed by atoms with van der Waals surface area (Å²) in [5.41, 5.74) is 5.97. The summed E-state index contributed by atoms with van der Waals surface area (Å²) in [5, 5.41) is 0. The number of hydrogen-bond donors (Lipinski definition) is 1. The largest absolute Gasteiger partial charge is 0.369 e. The highest BCUT2D eigenvalue weighted by Gasteiger charge is 2.32. The molecule has 1 aliphatic rings. The summed E-state index contributed by atoms with van der Waals surface area (Å²) in [6.45, 7) is 2.40. The van der Waals surface area contributed by atoms with Crippen molar-refractivity contribution in [2.24, 2.45) is 11.7 Å². The van der Waals surface area contributed by atoms with Crippen molar-refractivity contribution in [3.05, 3.63) is 32.7 Å². The molecule has 2 N–H and O–H groups in total. The molecule has 6 heteroatoms. The highest BCUT2D eigenvalue weighted by atomic mass is 79.9. The first-order valence-corrected chi connectivity index (χ1v) is 8.03. The average molecular weight is 404 g/mol. The van der Waals surface area contributed by atoms with Gasteiger partial charge in [0.25, 0.3) is 5.91 Å². The first-order chi connectivity index (χ1) is 9.38. The average Bonchev–Trinajstić information content (AvgIpc) is 2.37. The van der Waals surface area contributed by atoms with Crippen LogP contribution in [0.1, 0.15) is 30.1 Å². The summed E-state index contributed by atoms with van der Waals surface area (Å²) < 4.78 is 1.68. The molecular formula is C14H16Br2N2O2. The molecule has 0 bridgehead atoms. The zero-order valence-corrected chi connectivity index (χ0v) is 14.3. The fourth-order valence-electron chi connectivity index (χ4n) is 2.47. The number of amides is 2. The monoisotopic (exact) mass is 402 g/mol. The molecule has 4 nitrogen and oxygen atoms in total. The Morgan fingerprint density at radius 1 is 1.20 bits per heavy atom. The number of halogens is 2. The van der Waals surface area contributed by atoms with Crippen LogP contribution >= 0.6 is 31.9 Å². The van der Waals surface area contributed by atoms with Crippen LogP contribution in [0.2, 0.25) is 0 Å². The van der Waals surface area contributed by atoms with Crippen LogP contribution in [0.5, 0.6) is 0 Å². The number of primary amides is 1. The standard InChI is InChI=1S/C14H16Br2N2O2/c1-8-2-3-9(13(17)19)7-18(8)14(20)10-4-11(15)6-12(16)5-10/h4-6,8-9H,2-3,7H2,1H3,(H2,17,19). The SMILES string of the molecule is CC1CCC(C(N)=O)CN1C(=O)c1cc(Br)cc(Br)c1. The summed E-state index contributed by atoms with van der Waals surface area (Å²) in [4.78, 5) is 25.7. The number of carbonyl (C=O) groups excluding carboxylic acids is 2. The van der Waals surface area contributed by atoms with Crippen molar-refractivity contribution in [2.75, 3.05) is 6.54 Å². The van der Waals surface area contributed by atoms with E-state index in [9.17, 15) is 9.59 Å². The van der Waals surface area contributed by atoms with Crippen molar-refractivity contribution in [1.29, 1.82) is 0 Å². The van der Waals surface area contributed by atoms with Gasteiger partial charge in [0, 0.05) is 27.1 Å². The molecule has 2 unspecified atom stereocenters. The van der Waals surface area contributed by atoms with Gasteiger partial charge in [0.05, 0.1) is 5.92 Å². The van der Waals surface area contributed by atoms with Gasteiger partial charge in [-0.15, -0.1) is 0 Å². The van der Waals surface area contributed by atoms with Gasteiger partial charge in [-0.3, -0.25) is 9.59 Å². The Morgan fingerprint density at radius 3 is 2.35 bits per heavy atom. The maximum absolute atomic E-state index is 12.6. The number of nitrogens with two attached hydrogens (primary N) is 1. The molecule has 0 saturated carbocycles. The molecule has 1 aromatic carbocycles. The summed E-state index contributed by atoms with van der Waals surface area (Å²) in [7, 11) is 0. The molecule has 0 aliphatic carbocycles. The second kappa shape index (κ2) is 6.26. The number of carbonyl (C=O) groups is 2. The summed E-state index contributed by atoms with van der Waals surface area (Å²) >= 11 is 6.76. The van der Waals surface area contributed by atoms with E-state index in [0.29, 0.717) is 12.1 Å². The van der Waals surface area contributed by atoms with Crippen molar-refractivity contribution in [1.82, 2.24) is 4.90 Å². The maximum atomic E-state index is 12.6. The third-order valence-corrected chi connectivity index (χ3v) is 4.57. The number of piperidine rings is 1. The number of hydrogen-bond acceptors (Lipinski definition) is 2. The second-order valence-electron chi connectivity index (χ2n) is 5.14. The van der Waals surface area contributed by atoms with E-state index in [1.807, 2.05) is 13.0 Å². The first kappa shape index (κ1) is 15.5. The zero-order valence-electron chi connectivity index (χ0n) is 11.1. The molecule has 2 amide bonds. The van der Waals surface area contributed by atoms with Crippen molar-refractivity contribution >= 4 is 43.7 Å². The molecule has 0 aromatic heterocycles. The van der Waals surface area contributed by atoms with Gasteiger partial charge in [0.1, 0.15) is 0 Å². The first-order valence-electron chi connectivity index (χ1n) is 6.45. The molecule has 108 valence electrons. The third-order valence-electron chi connectivity index (χ3n) is 3.65. The molecule has 2 rings (SSSR count). The zero-order chi connectivity index (χ0) is 14.9. The second-order valence-corrected chi connectivity index (χ2v) is 6.97. The van der Waals surface area contributed by atoms with Crippen LogP contribution in [0.3, 0.4) is 0 Å². The number of benzene rings is 1. The molecule has 20 heavy (non-hydrogen) atoms. The minimum atomic E-state index is -0.329. The maximum Gasteiger partial charge on any atom is 0.254 e. The van der Waals surface area contributed by atoms with Crippen LogP contribution in [0.25, 0.3) is 0 Å². The van der Waals surface area contributed by atoms with Gasteiger partial charge < -0.3 is 10.6 Å². The van der Waals surface area contributed by atoms with Gasteiger partial charge in [-0.2, -0.15) is 0 Å². The molecule has 1 aliphatic heterocycles. The Hall–Kier alpha value is -0.880. The lowest BCUT2D eigenvalue weighted by Gasteiger charge is -2.37.